The summed E-state index contributed by atoms with van der Waals surface area (Å²) in [5.41, 5.74) is 0. The number of hydrogen-bond acceptors (Lipinski definition) is 4. The smallest absolute Gasteiger partial charge is 0.220 e. The molecule has 6 heteroatoms. The van der Waals surface area contributed by atoms with Crippen molar-refractivity contribution in [2.45, 2.75) is 39.2 Å². The predicted octanol–water partition coefficient (Wildman–Crippen LogP) is 2.89. The molecular formula is C14H20ClNO3S. The van der Waals surface area contributed by atoms with Crippen molar-refractivity contribution in [3.8, 4) is 0 Å². The van der Waals surface area contributed by atoms with E-state index < -0.39 is 6.10 Å². The van der Waals surface area contributed by atoms with Crippen molar-refractivity contribution < 1.29 is 14.7 Å². The highest BCUT2D eigenvalue weighted by molar-refractivity contribution is 7.18. The molecule has 0 bridgehead atoms. The summed E-state index contributed by atoms with van der Waals surface area (Å²) < 4.78 is 0.570. The van der Waals surface area contributed by atoms with Crippen molar-refractivity contribution in [3.63, 3.8) is 0 Å². The Kier molecular flexibility index (Phi) is 7.19. The zero-order valence-electron chi connectivity index (χ0n) is 11.7. The first kappa shape index (κ1) is 17.1. The van der Waals surface area contributed by atoms with Crippen LogP contribution in [-0.4, -0.2) is 29.4 Å². The molecule has 1 atom stereocenters. The van der Waals surface area contributed by atoms with Gasteiger partial charge in [0.05, 0.1) is 15.3 Å². The van der Waals surface area contributed by atoms with Crippen LogP contribution in [-0.2, 0) is 4.79 Å². The average molecular weight is 318 g/mol. The number of rotatable bonds is 8. The van der Waals surface area contributed by atoms with E-state index in [1.807, 2.05) is 13.8 Å². The van der Waals surface area contributed by atoms with Crippen molar-refractivity contribution in [2.75, 3.05) is 6.54 Å². The molecular weight excluding hydrogens is 298 g/mol. The van der Waals surface area contributed by atoms with Crippen LogP contribution in [0.25, 0.3) is 0 Å². The van der Waals surface area contributed by atoms with Crippen LogP contribution < -0.4 is 5.32 Å². The van der Waals surface area contributed by atoms with E-state index in [-0.39, 0.29) is 30.4 Å². The molecule has 1 aromatic rings. The number of nitrogens with one attached hydrogen (secondary N) is 1. The first-order valence-electron chi connectivity index (χ1n) is 6.63. The van der Waals surface area contributed by atoms with Crippen LogP contribution >= 0.6 is 22.9 Å². The Labute approximate surface area is 128 Å². The van der Waals surface area contributed by atoms with Gasteiger partial charge in [0.25, 0.3) is 0 Å². The SMILES string of the molecule is CC(C)C(O)CCNC(=O)CCC(=O)c1ccc(Cl)s1. The second kappa shape index (κ2) is 8.39. The summed E-state index contributed by atoms with van der Waals surface area (Å²) in [6, 6.07) is 3.35. The summed E-state index contributed by atoms with van der Waals surface area (Å²) in [5.74, 6) is -0.0618. The third-order valence-electron chi connectivity index (χ3n) is 2.96. The molecule has 0 spiro atoms. The number of amides is 1. The van der Waals surface area contributed by atoms with Crippen molar-refractivity contribution >= 4 is 34.6 Å². The van der Waals surface area contributed by atoms with Gasteiger partial charge < -0.3 is 10.4 Å². The van der Waals surface area contributed by atoms with Gasteiger partial charge in [0, 0.05) is 19.4 Å². The normalized spacial score (nSPS) is 12.4. The molecule has 1 rings (SSSR count). The molecule has 1 amide bonds. The topological polar surface area (TPSA) is 66.4 Å². The van der Waals surface area contributed by atoms with E-state index in [1.54, 1.807) is 12.1 Å². The summed E-state index contributed by atoms with van der Waals surface area (Å²) in [7, 11) is 0. The van der Waals surface area contributed by atoms with Gasteiger partial charge in [-0.3, -0.25) is 9.59 Å². The monoisotopic (exact) mass is 317 g/mol. The number of carbonyl (C=O) groups is 2. The van der Waals surface area contributed by atoms with Crippen LogP contribution in [0.2, 0.25) is 4.34 Å². The predicted molar refractivity (Wildman–Crippen MR) is 81.4 cm³/mol. The van der Waals surface area contributed by atoms with Crippen LogP contribution in [0.3, 0.4) is 0 Å². The van der Waals surface area contributed by atoms with E-state index in [9.17, 15) is 14.7 Å². The van der Waals surface area contributed by atoms with Gasteiger partial charge in [-0.1, -0.05) is 25.4 Å². The van der Waals surface area contributed by atoms with E-state index >= 15 is 0 Å². The molecule has 20 heavy (non-hydrogen) atoms. The number of ketones is 1. The molecule has 1 aromatic heterocycles. The fraction of sp³-hybridized carbons (Fsp3) is 0.571. The molecule has 0 radical (unpaired) electrons. The molecule has 0 aliphatic rings. The minimum atomic E-state index is -0.412. The first-order chi connectivity index (χ1) is 9.40. The summed E-state index contributed by atoms with van der Waals surface area (Å²) in [5, 5.41) is 12.3. The van der Waals surface area contributed by atoms with E-state index in [1.165, 1.54) is 11.3 Å². The van der Waals surface area contributed by atoms with Gasteiger partial charge in [0.1, 0.15) is 0 Å². The molecule has 4 nitrogen and oxygen atoms in total. The van der Waals surface area contributed by atoms with Crippen LogP contribution in [0.15, 0.2) is 12.1 Å². The lowest BCUT2D eigenvalue weighted by Crippen LogP contribution is -2.28. The molecule has 0 aromatic carbocycles. The van der Waals surface area contributed by atoms with E-state index in [0.717, 1.165) is 0 Å². The Hall–Kier alpha value is -0.910. The Morgan fingerprint density at radius 1 is 1.35 bits per heavy atom. The summed E-state index contributed by atoms with van der Waals surface area (Å²) in [6.45, 7) is 4.28. The van der Waals surface area contributed by atoms with E-state index in [0.29, 0.717) is 22.2 Å². The molecule has 112 valence electrons. The second-order valence-corrected chi connectivity index (χ2v) is 6.69. The number of Topliss-reactive ketones (excluding diaryl/α,β-unsaturated/α-hetero) is 1. The molecule has 1 heterocycles. The van der Waals surface area contributed by atoms with Crippen LogP contribution in [0, 0.1) is 5.92 Å². The number of thiophene rings is 1. The minimum Gasteiger partial charge on any atom is -0.393 e. The molecule has 0 saturated heterocycles. The quantitative estimate of drug-likeness (QED) is 0.724. The Morgan fingerprint density at radius 2 is 2.05 bits per heavy atom. The summed E-state index contributed by atoms with van der Waals surface area (Å²) >= 11 is 6.98. The number of aliphatic hydroxyl groups excluding tert-OH is 1. The fourth-order valence-electron chi connectivity index (χ4n) is 1.60. The minimum absolute atomic E-state index is 0.0701. The molecule has 0 aliphatic heterocycles. The fourth-order valence-corrected chi connectivity index (χ4v) is 2.61. The Balaban J connectivity index is 2.21. The Morgan fingerprint density at radius 3 is 2.60 bits per heavy atom. The second-order valence-electron chi connectivity index (χ2n) is 4.98. The summed E-state index contributed by atoms with van der Waals surface area (Å²) in [4.78, 5) is 23.9. The van der Waals surface area contributed by atoms with E-state index in [4.69, 9.17) is 11.6 Å². The van der Waals surface area contributed by atoms with Crippen LogP contribution in [0.4, 0.5) is 0 Å². The molecule has 0 fully saturated rings. The Bertz CT molecular complexity index is 459. The highest BCUT2D eigenvalue weighted by Gasteiger charge is 2.12. The van der Waals surface area contributed by atoms with Gasteiger partial charge >= 0.3 is 0 Å². The van der Waals surface area contributed by atoms with Gasteiger partial charge in [-0.2, -0.15) is 0 Å². The molecule has 1 unspecified atom stereocenters. The highest BCUT2D eigenvalue weighted by Crippen LogP contribution is 2.22. The highest BCUT2D eigenvalue weighted by atomic mass is 35.5. The molecule has 2 N–H and O–H groups in total. The third kappa shape index (κ3) is 6.03. The maximum absolute atomic E-state index is 11.8. The standard InChI is InChI=1S/C14H20ClNO3S/c1-9(2)10(17)7-8-16-14(19)6-3-11(18)12-4-5-13(15)20-12/h4-5,9-10,17H,3,6-8H2,1-2H3,(H,16,19). The van der Waals surface area contributed by atoms with Crippen molar-refractivity contribution in [1.82, 2.24) is 5.32 Å². The van der Waals surface area contributed by atoms with Gasteiger partial charge in [-0.05, 0) is 24.5 Å². The third-order valence-corrected chi connectivity index (χ3v) is 4.23. The lowest BCUT2D eigenvalue weighted by atomic mass is 10.0. The zero-order valence-corrected chi connectivity index (χ0v) is 13.3. The van der Waals surface area contributed by atoms with Crippen molar-refractivity contribution in [1.29, 1.82) is 0 Å². The first-order valence-corrected chi connectivity index (χ1v) is 7.83. The van der Waals surface area contributed by atoms with Crippen molar-refractivity contribution in [2.24, 2.45) is 5.92 Å². The van der Waals surface area contributed by atoms with E-state index in [2.05, 4.69) is 5.32 Å². The maximum Gasteiger partial charge on any atom is 0.220 e. The zero-order chi connectivity index (χ0) is 15.1. The van der Waals surface area contributed by atoms with Crippen molar-refractivity contribution in [3.05, 3.63) is 21.3 Å². The van der Waals surface area contributed by atoms with Gasteiger partial charge in [-0.25, -0.2) is 0 Å². The van der Waals surface area contributed by atoms with Crippen LogP contribution in [0.5, 0.6) is 0 Å². The van der Waals surface area contributed by atoms with Gasteiger partial charge in [0.2, 0.25) is 5.91 Å². The number of hydrogen-bond donors (Lipinski definition) is 2. The van der Waals surface area contributed by atoms with Crippen LogP contribution in [0.1, 0.15) is 42.8 Å². The van der Waals surface area contributed by atoms with Gasteiger partial charge in [-0.15, -0.1) is 11.3 Å². The number of halogens is 1. The largest absolute Gasteiger partial charge is 0.393 e. The lowest BCUT2D eigenvalue weighted by Gasteiger charge is -2.14. The number of aliphatic hydroxyl groups is 1. The maximum atomic E-state index is 11.8. The lowest BCUT2D eigenvalue weighted by molar-refractivity contribution is -0.121. The summed E-state index contributed by atoms with van der Waals surface area (Å²) in [6.07, 6.45) is 0.449. The average Bonchev–Trinajstić information content (AvgIpc) is 2.82. The number of carbonyl (C=O) groups excluding carboxylic acids is 2. The molecule has 0 saturated carbocycles. The van der Waals surface area contributed by atoms with Gasteiger partial charge in [0.15, 0.2) is 5.78 Å². The molecule has 0 aliphatic carbocycles.